The fourth-order valence-electron chi connectivity index (χ4n) is 1.74. The Morgan fingerprint density at radius 1 is 1.42 bits per heavy atom. The van der Waals surface area contributed by atoms with Crippen LogP contribution in [0.3, 0.4) is 0 Å². The van der Waals surface area contributed by atoms with Gasteiger partial charge in [-0.1, -0.05) is 6.07 Å². The van der Waals surface area contributed by atoms with E-state index in [-0.39, 0.29) is 11.4 Å². The molecule has 0 amide bonds. The molecule has 0 fully saturated rings. The lowest BCUT2D eigenvalue weighted by atomic mass is 9.98. The van der Waals surface area contributed by atoms with Crippen molar-refractivity contribution in [2.75, 3.05) is 13.6 Å². The maximum Gasteiger partial charge on any atom is 0.181 e. The summed E-state index contributed by atoms with van der Waals surface area (Å²) in [5.41, 5.74) is -1.10. The zero-order valence-corrected chi connectivity index (χ0v) is 13.9. The van der Waals surface area contributed by atoms with Gasteiger partial charge in [0, 0.05) is 11.0 Å². The molecule has 19 heavy (non-hydrogen) atoms. The molecule has 0 aromatic heterocycles. The van der Waals surface area contributed by atoms with Crippen molar-refractivity contribution in [2.24, 2.45) is 0 Å². The van der Waals surface area contributed by atoms with E-state index in [1.807, 2.05) is 0 Å². The number of halogens is 2. The van der Waals surface area contributed by atoms with E-state index in [0.717, 1.165) is 0 Å². The van der Waals surface area contributed by atoms with Crippen LogP contribution in [0, 0.1) is 0 Å². The molecule has 108 valence electrons. The van der Waals surface area contributed by atoms with Crippen LogP contribution in [0.15, 0.2) is 27.6 Å². The quantitative estimate of drug-likeness (QED) is 0.886. The molecule has 0 aliphatic carbocycles. The van der Waals surface area contributed by atoms with E-state index in [9.17, 15) is 12.8 Å². The lowest BCUT2D eigenvalue weighted by molar-refractivity contribution is 0.190. The average molecular weight is 352 g/mol. The molecule has 1 aromatic rings. The summed E-state index contributed by atoms with van der Waals surface area (Å²) in [5.74, 6) is 0. The van der Waals surface area contributed by atoms with Gasteiger partial charge in [0.25, 0.3) is 0 Å². The zero-order valence-electron chi connectivity index (χ0n) is 11.5. The van der Waals surface area contributed by atoms with Gasteiger partial charge in [0.15, 0.2) is 9.84 Å². The molecule has 3 nitrogen and oxygen atoms in total. The second-order valence-corrected chi connectivity index (χ2v) is 8.29. The molecular weight excluding hydrogens is 333 g/mol. The van der Waals surface area contributed by atoms with Gasteiger partial charge < -0.3 is 5.32 Å². The standard InChI is InChI=1S/C13H19BrFNO2S/c1-9(2)19(17,18)12-6-5-10(7-11(12)14)13(3,15)8-16-4/h5-7,9,16H,8H2,1-4H3. The van der Waals surface area contributed by atoms with Crippen LogP contribution in [0.4, 0.5) is 4.39 Å². The Kier molecular flexibility index (Phi) is 5.15. The van der Waals surface area contributed by atoms with Gasteiger partial charge in [-0.15, -0.1) is 0 Å². The number of alkyl halides is 1. The van der Waals surface area contributed by atoms with E-state index >= 15 is 0 Å². The third-order valence-electron chi connectivity index (χ3n) is 2.97. The van der Waals surface area contributed by atoms with Gasteiger partial charge in [-0.2, -0.15) is 0 Å². The maximum atomic E-state index is 14.4. The molecule has 1 atom stereocenters. The number of hydrogen-bond acceptors (Lipinski definition) is 3. The molecule has 1 aromatic carbocycles. The minimum Gasteiger partial charge on any atom is -0.316 e. The van der Waals surface area contributed by atoms with Crippen molar-refractivity contribution in [1.82, 2.24) is 5.32 Å². The molecule has 0 aliphatic heterocycles. The minimum absolute atomic E-state index is 0.162. The predicted octanol–water partition coefficient (Wildman–Crippen LogP) is 3.04. The van der Waals surface area contributed by atoms with Crippen molar-refractivity contribution in [3.63, 3.8) is 0 Å². The zero-order chi connectivity index (χ0) is 14.8. The average Bonchev–Trinajstić information content (AvgIpc) is 2.28. The highest BCUT2D eigenvalue weighted by molar-refractivity contribution is 9.10. The highest BCUT2D eigenvalue weighted by atomic mass is 79.9. The van der Waals surface area contributed by atoms with Gasteiger partial charge >= 0.3 is 0 Å². The molecule has 0 spiro atoms. The summed E-state index contributed by atoms with van der Waals surface area (Å²) < 4.78 is 39.0. The largest absolute Gasteiger partial charge is 0.316 e. The lowest BCUT2D eigenvalue weighted by Crippen LogP contribution is -2.29. The van der Waals surface area contributed by atoms with Crippen LogP contribution < -0.4 is 5.32 Å². The number of rotatable bonds is 5. The van der Waals surface area contributed by atoms with Crippen LogP contribution in [0.1, 0.15) is 26.3 Å². The Labute approximate surface area is 122 Å². The number of benzene rings is 1. The fraction of sp³-hybridized carbons (Fsp3) is 0.538. The van der Waals surface area contributed by atoms with E-state index in [1.54, 1.807) is 20.9 Å². The summed E-state index contributed by atoms with van der Waals surface area (Å²) in [6, 6.07) is 4.52. The Morgan fingerprint density at radius 3 is 2.42 bits per heavy atom. The van der Waals surface area contributed by atoms with Crippen LogP contribution in [0.5, 0.6) is 0 Å². The topological polar surface area (TPSA) is 46.2 Å². The van der Waals surface area contributed by atoms with Crippen LogP contribution in [0.25, 0.3) is 0 Å². The third-order valence-corrected chi connectivity index (χ3v) is 6.10. The van der Waals surface area contributed by atoms with Gasteiger partial charge in [-0.05, 0) is 61.4 Å². The first-order valence-electron chi connectivity index (χ1n) is 6.00. The van der Waals surface area contributed by atoms with Gasteiger partial charge in [0.05, 0.1) is 10.1 Å². The highest BCUT2D eigenvalue weighted by Gasteiger charge is 2.28. The Morgan fingerprint density at radius 2 is 2.00 bits per heavy atom. The SMILES string of the molecule is CNCC(C)(F)c1ccc(S(=O)(=O)C(C)C)c(Br)c1. The Bertz CT molecular complexity index is 556. The molecule has 1 unspecified atom stereocenters. The fourth-order valence-corrected chi connectivity index (χ4v) is 3.90. The van der Waals surface area contributed by atoms with Crippen LogP contribution in [-0.2, 0) is 15.5 Å². The van der Waals surface area contributed by atoms with Crippen LogP contribution in [0.2, 0.25) is 0 Å². The molecule has 0 bridgehead atoms. The molecular formula is C13H19BrFNO2S. The number of hydrogen-bond donors (Lipinski definition) is 1. The summed E-state index contributed by atoms with van der Waals surface area (Å²) in [7, 11) is -1.70. The number of nitrogens with one attached hydrogen (secondary N) is 1. The van der Waals surface area contributed by atoms with E-state index in [2.05, 4.69) is 21.2 Å². The van der Waals surface area contributed by atoms with E-state index in [1.165, 1.54) is 25.1 Å². The second-order valence-electron chi connectivity index (χ2n) is 4.97. The van der Waals surface area contributed by atoms with Crippen molar-refractivity contribution in [3.05, 3.63) is 28.2 Å². The van der Waals surface area contributed by atoms with Gasteiger partial charge in [0.2, 0.25) is 0 Å². The predicted molar refractivity (Wildman–Crippen MR) is 78.9 cm³/mol. The first-order chi connectivity index (χ1) is 8.63. The highest BCUT2D eigenvalue weighted by Crippen LogP contribution is 2.32. The third kappa shape index (κ3) is 3.55. The van der Waals surface area contributed by atoms with Crippen molar-refractivity contribution >= 4 is 25.8 Å². The summed E-state index contributed by atoms with van der Waals surface area (Å²) in [6.45, 7) is 4.86. The molecule has 1 N–H and O–H groups in total. The summed E-state index contributed by atoms with van der Waals surface area (Å²) >= 11 is 3.23. The van der Waals surface area contributed by atoms with Gasteiger partial charge in [0.1, 0.15) is 5.67 Å². The smallest absolute Gasteiger partial charge is 0.181 e. The first kappa shape index (κ1) is 16.6. The van der Waals surface area contributed by atoms with E-state index < -0.39 is 20.8 Å². The number of likely N-dealkylation sites (N-methyl/N-ethyl adjacent to an activating group) is 1. The molecule has 0 radical (unpaired) electrons. The monoisotopic (exact) mass is 351 g/mol. The van der Waals surface area contributed by atoms with E-state index in [4.69, 9.17) is 0 Å². The Hall–Kier alpha value is -0.460. The lowest BCUT2D eigenvalue weighted by Gasteiger charge is -2.21. The summed E-state index contributed by atoms with van der Waals surface area (Å²) in [4.78, 5) is 0.200. The van der Waals surface area contributed by atoms with Crippen LogP contribution in [-0.4, -0.2) is 27.3 Å². The number of sulfone groups is 1. The first-order valence-corrected chi connectivity index (χ1v) is 8.34. The molecule has 1 rings (SSSR count). The molecule has 0 saturated carbocycles. The maximum absolute atomic E-state index is 14.4. The minimum atomic E-state index is -3.37. The normalized spacial score (nSPS) is 15.5. The summed E-state index contributed by atoms with van der Waals surface area (Å²) in [6.07, 6.45) is 0. The van der Waals surface area contributed by atoms with Crippen molar-refractivity contribution in [2.45, 2.75) is 36.6 Å². The Balaban J connectivity index is 3.26. The van der Waals surface area contributed by atoms with E-state index in [0.29, 0.717) is 10.0 Å². The van der Waals surface area contributed by atoms with Gasteiger partial charge in [-0.3, -0.25) is 0 Å². The van der Waals surface area contributed by atoms with Crippen molar-refractivity contribution < 1.29 is 12.8 Å². The van der Waals surface area contributed by atoms with Crippen LogP contribution >= 0.6 is 15.9 Å². The molecule has 0 saturated heterocycles. The molecule has 0 aliphatic rings. The summed E-state index contributed by atoms with van der Waals surface area (Å²) in [5, 5.41) is 2.27. The van der Waals surface area contributed by atoms with Crippen molar-refractivity contribution in [3.8, 4) is 0 Å². The molecule has 6 heteroatoms. The van der Waals surface area contributed by atoms with Crippen molar-refractivity contribution in [1.29, 1.82) is 0 Å². The second kappa shape index (κ2) is 5.89. The van der Waals surface area contributed by atoms with Gasteiger partial charge in [-0.25, -0.2) is 12.8 Å². The molecule has 0 heterocycles.